The molecule has 2 heterocycles. The second kappa shape index (κ2) is 9.55. The van der Waals surface area contributed by atoms with E-state index < -0.39 is 0 Å². The van der Waals surface area contributed by atoms with Crippen molar-refractivity contribution in [1.82, 2.24) is 20.0 Å². The zero-order valence-electron chi connectivity index (χ0n) is 18.4. The molecule has 0 saturated carbocycles. The number of benzene rings is 1. The standard InChI is InChI=1S/C23H34N4O2/c1-16-13-27(14-17(2)29-16)15-21-9-7-6-8-20(21)12-24-23(28)11-10-22-18(3)25-26(5)19(22)4/h6-9,16-17H,10-15H2,1-5H3,(H,24,28)/t16-,17-/m0/s1. The third kappa shape index (κ3) is 5.67. The third-order valence-corrected chi connectivity index (χ3v) is 5.74. The van der Waals surface area contributed by atoms with E-state index in [-0.39, 0.29) is 18.1 Å². The highest BCUT2D eigenvalue weighted by Gasteiger charge is 2.22. The molecule has 6 nitrogen and oxygen atoms in total. The number of ether oxygens (including phenoxy) is 1. The second-order valence-corrected chi connectivity index (χ2v) is 8.27. The molecule has 1 aromatic heterocycles. The van der Waals surface area contributed by atoms with Gasteiger partial charge in [-0.05, 0) is 50.8 Å². The molecule has 0 aliphatic carbocycles. The number of carbonyl (C=O) groups excluding carboxylic acids is 1. The van der Waals surface area contributed by atoms with Crippen molar-refractivity contribution in [2.24, 2.45) is 7.05 Å². The summed E-state index contributed by atoms with van der Waals surface area (Å²) in [6, 6.07) is 8.38. The average molecular weight is 399 g/mol. The number of aromatic nitrogens is 2. The summed E-state index contributed by atoms with van der Waals surface area (Å²) >= 11 is 0. The summed E-state index contributed by atoms with van der Waals surface area (Å²) in [4.78, 5) is 14.9. The fraction of sp³-hybridized carbons (Fsp3) is 0.565. The summed E-state index contributed by atoms with van der Waals surface area (Å²) in [6.45, 7) is 11.6. The van der Waals surface area contributed by atoms with Crippen LogP contribution in [0.15, 0.2) is 24.3 Å². The molecule has 3 rings (SSSR count). The minimum atomic E-state index is 0.0797. The lowest BCUT2D eigenvalue weighted by atomic mass is 10.1. The van der Waals surface area contributed by atoms with Crippen LogP contribution in [0.4, 0.5) is 0 Å². The van der Waals surface area contributed by atoms with Gasteiger partial charge in [-0.25, -0.2) is 0 Å². The minimum absolute atomic E-state index is 0.0797. The number of amides is 1. The number of carbonyl (C=O) groups is 1. The van der Waals surface area contributed by atoms with Crippen molar-refractivity contribution in [3.63, 3.8) is 0 Å². The predicted molar refractivity (Wildman–Crippen MR) is 115 cm³/mol. The smallest absolute Gasteiger partial charge is 0.220 e. The predicted octanol–water partition coefficient (Wildman–Crippen LogP) is 2.90. The minimum Gasteiger partial charge on any atom is -0.373 e. The zero-order valence-corrected chi connectivity index (χ0v) is 18.4. The maximum atomic E-state index is 12.4. The Labute approximate surface area is 174 Å². The number of morpholine rings is 1. The molecule has 6 heteroatoms. The highest BCUT2D eigenvalue weighted by Crippen LogP contribution is 2.17. The van der Waals surface area contributed by atoms with Crippen molar-refractivity contribution in [1.29, 1.82) is 0 Å². The van der Waals surface area contributed by atoms with Gasteiger partial charge in [-0.2, -0.15) is 5.10 Å². The quantitative estimate of drug-likeness (QED) is 0.779. The van der Waals surface area contributed by atoms with Crippen LogP contribution in [0, 0.1) is 13.8 Å². The largest absolute Gasteiger partial charge is 0.373 e. The maximum absolute atomic E-state index is 12.4. The SMILES string of the molecule is Cc1nn(C)c(C)c1CCC(=O)NCc1ccccc1CN1C[C@H](C)O[C@@H](C)C1. The van der Waals surface area contributed by atoms with Gasteiger partial charge >= 0.3 is 0 Å². The molecule has 1 aliphatic heterocycles. The Morgan fingerprint density at radius 2 is 1.83 bits per heavy atom. The fourth-order valence-electron chi connectivity index (χ4n) is 4.24. The summed E-state index contributed by atoms with van der Waals surface area (Å²) in [5.41, 5.74) is 5.78. The van der Waals surface area contributed by atoms with Crippen molar-refractivity contribution in [3.05, 3.63) is 52.3 Å². The normalized spacial score (nSPS) is 20.0. The van der Waals surface area contributed by atoms with E-state index >= 15 is 0 Å². The van der Waals surface area contributed by atoms with Crippen LogP contribution in [-0.2, 0) is 36.1 Å². The van der Waals surface area contributed by atoms with E-state index in [1.165, 1.54) is 16.7 Å². The van der Waals surface area contributed by atoms with Crippen molar-refractivity contribution in [3.8, 4) is 0 Å². The summed E-state index contributed by atoms with van der Waals surface area (Å²) in [6.07, 6.45) is 1.71. The number of nitrogens with one attached hydrogen (secondary N) is 1. The van der Waals surface area contributed by atoms with Crippen molar-refractivity contribution in [2.75, 3.05) is 13.1 Å². The Bertz CT molecular complexity index is 835. The van der Waals surface area contributed by atoms with E-state index in [9.17, 15) is 4.79 Å². The lowest BCUT2D eigenvalue weighted by molar-refractivity contribution is -0.121. The van der Waals surface area contributed by atoms with E-state index in [0.717, 1.165) is 37.4 Å². The molecule has 0 spiro atoms. The Hall–Kier alpha value is -2.18. The molecule has 2 atom stereocenters. The van der Waals surface area contributed by atoms with Crippen LogP contribution in [-0.4, -0.2) is 45.9 Å². The van der Waals surface area contributed by atoms with Gasteiger partial charge in [-0.1, -0.05) is 24.3 Å². The molecular weight excluding hydrogens is 364 g/mol. The number of nitrogens with zero attached hydrogens (tertiary/aromatic N) is 3. The molecule has 1 aromatic carbocycles. The molecule has 0 unspecified atom stereocenters. The lowest BCUT2D eigenvalue weighted by Gasteiger charge is -2.35. The highest BCUT2D eigenvalue weighted by molar-refractivity contribution is 5.76. The van der Waals surface area contributed by atoms with Crippen molar-refractivity contribution < 1.29 is 9.53 Å². The Morgan fingerprint density at radius 1 is 1.17 bits per heavy atom. The lowest BCUT2D eigenvalue weighted by Crippen LogP contribution is -2.45. The maximum Gasteiger partial charge on any atom is 0.220 e. The summed E-state index contributed by atoms with van der Waals surface area (Å²) in [5, 5.41) is 7.53. The number of aryl methyl sites for hydroxylation is 2. The molecule has 0 bridgehead atoms. The van der Waals surface area contributed by atoms with Crippen molar-refractivity contribution >= 4 is 5.91 Å². The topological polar surface area (TPSA) is 59.4 Å². The first-order valence-corrected chi connectivity index (χ1v) is 10.5. The van der Waals surface area contributed by atoms with E-state index in [2.05, 4.69) is 54.3 Å². The van der Waals surface area contributed by atoms with Crippen LogP contribution in [0.5, 0.6) is 0 Å². The van der Waals surface area contributed by atoms with E-state index in [4.69, 9.17) is 4.74 Å². The zero-order chi connectivity index (χ0) is 21.0. The van der Waals surface area contributed by atoms with Gasteiger partial charge in [0.2, 0.25) is 5.91 Å². The third-order valence-electron chi connectivity index (χ3n) is 5.74. The molecule has 1 saturated heterocycles. The van der Waals surface area contributed by atoms with Crippen LogP contribution in [0.3, 0.4) is 0 Å². The molecule has 1 fully saturated rings. The molecular formula is C23H34N4O2. The number of hydrogen-bond donors (Lipinski definition) is 1. The van der Waals surface area contributed by atoms with Crippen LogP contribution < -0.4 is 5.32 Å². The van der Waals surface area contributed by atoms with Gasteiger partial charge < -0.3 is 10.1 Å². The second-order valence-electron chi connectivity index (χ2n) is 8.27. The Morgan fingerprint density at radius 3 is 2.45 bits per heavy atom. The molecule has 1 N–H and O–H groups in total. The van der Waals surface area contributed by atoms with Gasteiger partial charge in [0.15, 0.2) is 0 Å². The molecule has 1 aliphatic rings. The summed E-state index contributed by atoms with van der Waals surface area (Å²) in [5.74, 6) is 0.0797. The average Bonchev–Trinajstić information content (AvgIpc) is 2.90. The molecule has 158 valence electrons. The Kier molecular flexibility index (Phi) is 7.09. The van der Waals surface area contributed by atoms with Crippen LogP contribution in [0.2, 0.25) is 0 Å². The first-order chi connectivity index (χ1) is 13.8. The monoisotopic (exact) mass is 398 g/mol. The number of rotatable bonds is 7. The molecule has 0 radical (unpaired) electrons. The van der Waals surface area contributed by atoms with Gasteiger partial charge in [0.25, 0.3) is 0 Å². The molecule has 2 aromatic rings. The first kappa shape index (κ1) is 21.5. The van der Waals surface area contributed by atoms with Gasteiger partial charge in [-0.3, -0.25) is 14.4 Å². The van der Waals surface area contributed by atoms with Gasteiger partial charge in [0.05, 0.1) is 17.9 Å². The fourth-order valence-corrected chi connectivity index (χ4v) is 4.24. The van der Waals surface area contributed by atoms with E-state index in [1.807, 2.05) is 24.7 Å². The first-order valence-electron chi connectivity index (χ1n) is 10.5. The van der Waals surface area contributed by atoms with Gasteiger partial charge in [0.1, 0.15) is 0 Å². The molecule has 29 heavy (non-hydrogen) atoms. The van der Waals surface area contributed by atoms with Crippen LogP contribution >= 0.6 is 0 Å². The van der Waals surface area contributed by atoms with Gasteiger partial charge in [0, 0.05) is 45.3 Å². The summed E-state index contributed by atoms with van der Waals surface area (Å²) in [7, 11) is 1.94. The van der Waals surface area contributed by atoms with Crippen molar-refractivity contribution in [2.45, 2.75) is 65.8 Å². The van der Waals surface area contributed by atoms with Crippen LogP contribution in [0.25, 0.3) is 0 Å². The van der Waals surface area contributed by atoms with E-state index in [0.29, 0.717) is 13.0 Å². The van der Waals surface area contributed by atoms with Crippen LogP contribution in [0.1, 0.15) is 48.3 Å². The highest BCUT2D eigenvalue weighted by atomic mass is 16.5. The van der Waals surface area contributed by atoms with Gasteiger partial charge in [-0.15, -0.1) is 0 Å². The molecule has 1 amide bonds. The Balaban J connectivity index is 1.54. The number of hydrogen-bond acceptors (Lipinski definition) is 4. The summed E-state index contributed by atoms with van der Waals surface area (Å²) < 4.78 is 7.72. The van der Waals surface area contributed by atoms with E-state index in [1.54, 1.807) is 0 Å².